The minimum Gasteiger partial charge on any atom is -0.490 e. The third kappa shape index (κ3) is 9.69. The van der Waals surface area contributed by atoms with Crippen molar-refractivity contribution in [1.29, 1.82) is 0 Å². The Hall–Kier alpha value is -4.18. The monoisotopic (exact) mass is 656 g/mol. The molecule has 1 heterocycles. The van der Waals surface area contributed by atoms with Crippen molar-refractivity contribution in [2.24, 2.45) is 5.18 Å². The second-order valence-corrected chi connectivity index (χ2v) is 11.9. The highest BCUT2D eigenvalue weighted by atomic mass is 16.5. The molecule has 0 spiro atoms. The summed E-state index contributed by atoms with van der Waals surface area (Å²) in [4.78, 5) is 30.6. The number of nitrogens with zero attached hydrogens (tertiary/aromatic N) is 3. The summed E-state index contributed by atoms with van der Waals surface area (Å²) in [5.41, 5.74) is 7.04. The standard InChI is InChI=1S/C38H48N4O4.CH4O/c1-6-11-31(14-8-9-24-43)46-32-22-20-30(21-23-32)42-27(4)40-35(12-7-2)34(38(42)44)25-28-16-18-29(19-17-28)33-15-10-13-26(3)36(33)37(39-5)41-45;1-2/h10,13,15-23,31,37,39,43H,6-9,11-12,14,24-25H2,1-5H3;2H,1H3. The Morgan fingerprint density at radius 2 is 1.65 bits per heavy atom. The van der Waals surface area contributed by atoms with Gasteiger partial charge in [0.1, 0.15) is 11.6 Å². The zero-order valence-electron chi connectivity index (χ0n) is 29.3. The highest BCUT2D eigenvalue weighted by Crippen LogP contribution is 2.32. The quantitative estimate of drug-likeness (QED) is 0.0801. The molecule has 0 saturated heterocycles. The molecule has 2 atom stereocenters. The van der Waals surface area contributed by atoms with Crippen LogP contribution < -0.4 is 15.6 Å². The summed E-state index contributed by atoms with van der Waals surface area (Å²) in [6, 6.07) is 21.8. The van der Waals surface area contributed by atoms with Crippen LogP contribution in [-0.4, -0.2) is 46.6 Å². The van der Waals surface area contributed by atoms with Gasteiger partial charge in [0.05, 0.1) is 17.5 Å². The van der Waals surface area contributed by atoms with E-state index in [0.717, 1.165) is 97.0 Å². The Morgan fingerprint density at radius 1 is 0.938 bits per heavy atom. The first-order valence-electron chi connectivity index (χ1n) is 17.0. The van der Waals surface area contributed by atoms with E-state index in [0.29, 0.717) is 17.8 Å². The molecule has 0 aliphatic heterocycles. The molecule has 0 fully saturated rings. The fourth-order valence-corrected chi connectivity index (χ4v) is 6.13. The SMILES string of the molecule is CCCc1nc(C)n(-c2ccc(OC(CCC)CCCCO)cc2)c(=O)c1Cc1ccc(-c2cccc(C)c2C(N=O)NC)cc1.CO. The number of rotatable bonds is 17. The highest BCUT2D eigenvalue weighted by Gasteiger charge is 2.19. The van der Waals surface area contributed by atoms with Crippen molar-refractivity contribution in [3.05, 3.63) is 116 Å². The van der Waals surface area contributed by atoms with Crippen LogP contribution in [0.3, 0.4) is 0 Å². The second-order valence-electron chi connectivity index (χ2n) is 11.9. The van der Waals surface area contributed by atoms with Gasteiger partial charge in [-0.1, -0.05) is 69.2 Å². The van der Waals surface area contributed by atoms with Crippen LogP contribution >= 0.6 is 0 Å². The molecule has 0 radical (unpaired) electrons. The molecule has 0 saturated carbocycles. The largest absolute Gasteiger partial charge is 0.490 e. The maximum absolute atomic E-state index is 14.1. The van der Waals surface area contributed by atoms with Crippen LogP contribution in [0.25, 0.3) is 16.8 Å². The number of hydrogen-bond acceptors (Lipinski definition) is 8. The van der Waals surface area contributed by atoms with Crippen molar-refractivity contribution in [3.63, 3.8) is 0 Å². The van der Waals surface area contributed by atoms with Crippen LogP contribution in [0.4, 0.5) is 0 Å². The fraction of sp³-hybridized carbons (Fsp3) is 0.436. The summed E-state index contributed by atoms with van der Waals surface area (Å²) in [5, 5.41) is 22.4. The first-order valence-corrected chi connectivity index (χ1v) is 17.0. The predicted octanol–water partition coefficient (Wildman–Crippen LogP) is 7.36. The van der Waals surface area contributed by atoms with Gasteiger partial charge in [-0.3, -0.25) is 14.7 Å². The summed E-state index contributed by atoms with van der Waals surface area (Å²) in [5.74, 6) is 1.43. The Bertz CT molecular complexity index is 1630. The van der Waals surface area contributed by atoms with Crippen LogP contribution in [0, 0.1) is 18.8 Å². The number of unbranched alkanes of at least 4 members (excludes halogenated alkanes) is 1. The molecule has 258 valence electrons. The van der Waals surface area contributed by atoms with Gasteiger partial charge < -0.3 is 14.9 Å². The lowest BCUT2D eigenvalue weighted by atomic mass is 9.93. The molecular formula is C39H52N4O5. The van der Waals surface area contributed by atoms with Crippen LogP contribution in [-0.2, 0) is 12.8 Å². The van der Waals surface area contributed by atoms with Crippen LogP contribution in [0.1, 0.15) is 92.3 Å². The van der Waals surface area contributed by atoms with Crippen molar-refractivity contribution >= 4 is 0 Å². The smallest absolute Gasteiger partial charge is 0.261 e. The molecule has 0 bridgehead atoms. The van der Waals surface area contributed by atoms with E-state index < -0.39 is 6.17 Å². The molecule has 4 aromatic rings. The normalized spacial score (nSPS) is 12.2. The fourth-order valence-electron chi connectivity index (χ4n) is 6.13. The topological polar surface area (TPSA) is 126 Å². The molecule has 3 aromatic carbocycles. The molecule has 3 N–H and O–H groups in total. The molecule has 48 heavy (non-hydrogen) atoms. The minimum absolute atomic E-state index is 0.0588. The van der Waals surface area contributed by atoms with Crippen molar-refractivity contribution in [2.75, 3.05) is 20.8 Å². The molecule has 9 nitrogen and oxygen atoms in total. The Labute approximate surface area is 285 Å². The number of hydrogen-bond donors (Lipinski definition) is 3. The summed E-state index contributed by atoms with van der Waals surface area (Å²) < 4.78 is 7.97. The maximum atomic E-state index is 14.1. The van der Waals surface area contributed by atoms with E-state index in [1.165, 1.54) is 0 Å². The molecule has 2 unspecified atom stereocenters. The molecule has 0 amide bonds. The van der Waals surface area contributed by atoms with Crippen LogP contribution in [0.15, 0.2) is 76.7 Å². The number of aliphatic hydroxyl groups is 2. The number of aromatic nitrogens is 2. The third-order valence-electron chi connectivity index (χ3n) is 8.48. The molecule has 1 aromatic heterocycles. The number of aryl methyl sites for hydroxylation is 3. The Morgan fingerprint density at radius 3 is 2.25 bits per heavy atom. The highest BCUT2D eigenvalue weighted by molar-refractivity contribution is 5.70. The number of nitrogens with one attached hydrogen (secondary N) is 1. The van der Waals surface area contributed by atoms with Gasteiger partial charge in [-0.15, -0.1) is 4.91 Å². The lowest BCUT2D eigenvalue weighted by Gasteiger charge is -2.19. The molecular weight excluding hydrogens is 604 g/mol. The van der Waals surface area contributed by atoms with E-state index in [2.05, 4.69) is 24.3 Å². The van der Waals surface area contributed by atoms with E-state index in [-0.39, 0.29) is 18.3 Å². The Kier molecular flexibility index (Phi) is 15.6. The van der Waals surface area contributed by atoms with E-state index in [1.807, 2.05) is 80.6 Å². The first kappa shape index (κ1) is 38.3. The summed E-state index contributed by atoms with van der Waals surface area (Å²) in [7, 11) is 2.73. The summed E-state index contributed by atoms with van der Waals surface area (Å²) >= 11 is 0. The van der Waals surface area contributed by atoms with Gasteiger partial charge in [0.25, 0.3) is 5.56 Å². The second kappa shape index (κ2) is 19.6. The van der Waals surface area contributed by atoms with Gasteiger partial charge in [-0.2, -0.15) is 0 Å². The predicted molar refractivity (Wildman–Crippen MR) is 194 cm³/mol. The van der Waals surface area contributed by atoms with Crippen molar-refractivity contribution in [1.82, 2.24) is 14.9 Å². The number of aliphatic hydroxyl groups excluding tert-OH is 2. The number of nitroso groups, excluding NO2 is 1. The third-order valence-corrected chi connectivity index (χ3v) is 8.48. The summed E-state index contributed by atoms with van der Waals surface area (Å²) in [6.07, 6.45) is 6.13. The van der Waals surface area contributed by atoms with Crippen molar-refractivity contribution < 1.29 is 14.9 Å². The van der Waals surface area contributed by atoms with Gasteiger partial charge in [-0.05, 0) is 105 Å². The zero-order valence-corrected chi connectivity index (χ0v) is 29.3. The van der Waals surface area contributed by atoms with Crippen molar-refractivity contribution in [3.8, 4) is 22.6 Å². The Balaban J connectivity index is 0.00000307. The lowest BCUT2D eigenvalue weighted by Crippen LogP contribution is -2.28. The molecule has 0 aliphatic rings. The van der Waals surface area contributed by atoms with E-state index in [1.54, 1.807) is 11.6 Å². The zero-order chi connectivity index (χ0) is 35.1. The average Bonchev–Trinajstić information content (AvgIpc) is 3.10. The first-order chi connectivity index (χ1) is 23.3. The van der Waals surface area contributed by atoms with Gasteiger partial charge in [0, 0.05) is 31.3 Å². The molecule has 9 heteroatoms. The summed E-state index contributed by atoms with van der Waals surface area (Å²) in [6.45, 7) is 8.31. The number of ether oxygens (including phenoxy) is 1. The van der Waals surface area contributed by atoms with Crippen LogP contribution in [0.2, 0.25) is 0 Å². The molecule has 4 rings (SSSR count). The lowest BCUT2D eigenvalue weighted by molar-refractivity contribution is 0.171. The van der Waals surface area contributed by atoms with Gasteiger partial charge >= 0.3 is 0 Å². The van der Waals surface area contributed by atoms with Crippen LogP contribution in [0.5, 0.6) is 5.75 Å². The van der Waals surface area contributed by atoms with Gasteiger partial charge in [-0.25, -0.2) is 4.98 Å². The molecule has 0 aliphatic carbocycles. The minimum atomic E-state index is -0.639. The van der Waals surface area contributed by atoms with Crippen molar-refractivity contribution in [2.45, 2.75) is 91.3 Å². The number of benzene rings is 3. The van der Waals surface area contributed by atoms with E-state index in [9.17, 15) is 9.70 Å². The van der Waals surface area contributed by atoms with E-state index >= 15 is 0 Å². The van der Waals surface area contributed by atoms with Gasteiger partial charge in [0.2, 0.25) is 0 Å². The maximum Gasteiger partial charge on any atom is 0.261 e. The van der Waals surface area contributed by atoms with E-state index in [4.69, 9.17) is 19.9 Å². The van der Waals surface area contributed by atoms with Gasteiger partial charge in [0.15, 0.2) is 6.17 Å². The average molecular weight is 657 g/mol.